The highest BCUT2D eigenvalue weighted by Gasteiger charge is 2.21. The van der Waals surface area contributed by atoms with Crippen LogP contribution in [0.5, 0.6) is 0 Å². The van der Waals surface area contributed by atoms with Crippen molar-refractivity contribution in [3.05, 3.63) is 93.0 Å². The van der Waals surface area contributed by atoms with Crippen molar-refractivity contribution in [3.63, 3.8) is 0 Å². The lowest BCUT2D eigenvalue weighted by molar-refractivity contribution is 0.0950. The van der Waals surface area contributed by atoms with Gasteiger partial charge in [-0.1, -0.05) is 61.3 Å². The third-order valence-electron chi connectivity index (χ3n) is 5.61. The van der Waals surface area contributed by atoms with Gasteiger partial charge in [-0.15, -0.1) is 0 Å². The van der Waals surface area contributed by atoms with Gasteiger partial charge in [0, 0.05) is 12.1 Å². The molecule has 0 saturated carbocycles. The number of carbonyl (C=O) groups is 1. The summed E-state index contributed by atoms with van der Waals surface area (Å²) in [7, 11) is -3.98. The zero-order chi connectivity index (χ0) is 24.2. The van der Waals surface area contributed by atoms with Crippen molar-refractivity contribution >= 4 is 33.2 Å². The van der Waals surface area contributed by atoms with Crippen LogP contribution in [0.25, 0.3) is 0 Å². The van der Waals surface area contributed by atoms with Gasteiger partial charge in [0.2, 0.25) is 0 Å². The van der Waals surface area contributed by atoms with Gasteiger partial charge in [0.1, 0.15) is 4.90 Å². The van der Waals surface area contributed by atoms with Crippen molar-refractivity contribution in [2.75, 3.05) is 4.72 Å². The van der Waals surface area contributed by atoms with E-state index in [1.807, 2.05) is 26.0 Å². The van der Waals surface area contributed by atoms with Gasteiger partial charge in [0.05, 0.1) is 10.7 Å². The summed E-state index contributed by atoms with van der Waals surface area (Å²) in [5.41, 5.74) is 5.95. The minimum atomic E-state index is -3.98. The highest BCUT2D eigenvalue weighted by Crippen LogP contribution is 2.27. The van der Waals surface area contributed by atoms with Crippen LogP contribution in [-0.4, -0.2) is 14.3 Å². The monoisotopic (exact) mass is 484 g/mol. The maximum absolute atomic E-state index is 13.0. The van der Waals surface area contributed by atoms with E-state index >= 15 is 0 Å². The Kier molecular flexibility index (Phi) is 7.82. The lowest BCUT2D eigenvalue weighted by Gasteiger charge is -2.14. The minimum absolute atomic E-state index is 0.0488. The van der Waals surface area contributed by atoms with Gasteiger partial charge in [0.25, 0.3) is 15.9 Å². The molecule has 0 spiro atoms. The summed E-state index contributed by atoms with van der Waals surface area (Å²) in [6.45, 7) is 8.29. The van der Waals surface area contributed by atoms with Gasteiger partial charge in [-0.25, -0.2) is 8.42 Å². The van der Waals surface area contributed by atoms with E-state index in [4.69, 9.17) is 11.6 Å². The third-order valence-corrected chi connectivity index (χ3v) is 7.46. The van der Waals surface area contributed by atoms with Gasteiger partial charge in [0.15, 0.2) is 0 Å². The maximum atomic E-state index is 13.0. The van der Waals surface area contributed by atoms with Crippen LogP contribution >= 0.6 is 11.6 Å². The molecule has 0 saturated heterocycles. The summed E-state index contributed by atoms with van der Waals surface area (Å²) >= 11 is 6.21. The maximum Gasteiger partial charge on any atom is 0.263 e. The number of amides is 1. The lowest BCUT2D eigenvalue weighted by Crippen LogP contribution is -2.24. The summed E-state index contributed by atoms with van der Waals surface area (Å²) in [6, 6.07) is 16.0. The second kappa shape index (κ2) is 10.4. The van der Waals surface area contributed by atoms with Gasteiger partial charge >= 0.3 is 0 Å². The van der Waals surface area contributed by atoms with Crippen LogP contribution in [0.15, 0.2) is 59.5 Å². The van der Waals surface area contributed by atoms with Crippen LogP contribution < -0.4 is 10.0 Å². The van der Waals surface area contributed by atoms with E-state index in [2.05, 4.69) is 42.1 Å². The average molecular weight is 485 g/mol. The molecule has 2 N–H and O–H groups in total. The van der Waals surface area contributed by atoms with E-state index in [-0.39, 0.29) is 21.4 Å². The lowest BCUT2D eigenvalue weighted by atomic mass is 10.0. The molecule has 0 aromatic heterocycles. The summed E-state index contributed by atoms with van der Waals surface area (Å²) in [5, 5.41) is 2.96. The van der Waals surface area contributed by atoms with Crippen molar-refractivity contribution in [2.45, 2.75) is 52.0 Å². The van der Waals surface area contributed by atoms with E-state index < -0.39 is 10.0 Å². The van der Waals surface area contributed by atoms with Crippen molar-refractivity contribution in [2.24, 2.45) is 0 Å². The van der Waals surface area contributed by atoms with E-state index in [9.17, 15) is 13.2 Å². The van der Waals surface area contributed by atoms with Crippen LogP contribution in [0.2, 0.25) is 5.02 Å². The Labute approximate surface area is 201 Å². The quantitative estimate of drug-likeness (QED) is 0.423. The number of nitrogens with one attached hydrogen (secondary N) is 2. The van der Waals surface area contributed by atoms with Crippen LogP contribution in [0, 0.1) is 13.8 Å². The Hall–Kier alpha value is -2.83. The number of anilines is 1. The van der Waals surface area contributed by atoms with Crippen molar-refractivity contribution in [1.29, 1.82) is 0 Å². The second-order valence-corrected chi connectivity index (χ2v) is 10.1. The SMILES string of the molecule is CCc1ccc(CC)c(CNC(=O)c2ccc(Cl)c(S(=O)(=O)Nc3ccc(C)cc3C)c2)c1. The van der Waals surface area contributed by atoms with Gasteiger partial charge in [-0.05, 0) is 73.2 Å². The van der Waals surface area contributed by atoms with Crippen LogP contribution in [0.4, 0.5) is 5.69 Å². The minimum Gasteiger partial charge on any atom is -0.348 e. The Bertz CT molecular complexity index is 1290. The fourth-order valence-electron chi connectivity index (χ4n) is 3.66. The van der Waals surface area contributed by atoms with Crippen molar-refractivity contribution < 1.29 is 13.2 Å². The number of rotatable bonds is 8. The van der Waals surface area contributed by atoms with E-state index in [1.165, 1.54) is 29.3 Å². The Morgan fingerprint density at radius 3 is 2.33 bits per heavy atom. The first-order valence-electron chi connectivity index (χ1n) is 10.9. The first kappa shape index (κ1) is 24.8. The molecule has 33 heavy (non-hydrogen) atoms. The molecule has 5 nitrogen and oxygen atoms in total. The molecule has 0 unspecified atom stereocenters. The summed E-state index contributed by atoms with van der Waals surface area (Å²) in [6.07, 6.45) is 1.78. The van der Waals surface area contributed by atoms with Gasteiger partial charge in [-0.3, -0.25) is 9.52 Å². The van der Waals surface area contributed by atoms with E-state index in [1.54, 1.807) is 6.07 Å². The molecule has 174 valence electrons. The third kappa shape index (κ3) is 5.95. The molecule has 0 aliphatic heterocycles. The Balaban J connectivity index is 1.83. The topological polar surface area (TPSA) is 75.3 Å². The normalized spacial score (nSPS) is 11.3. The fraction of sp³-hybridized carbons (Fsp3) is 0.269. The number of hydrogen-bond donors (Lipinski definition) is 2. The van der Waals surface area contributed by atoms with Gasteiger partial charge in [-0.2, -0.15) is 0 Å². The molecule has 1 amide bonds. The molecule has 0 aliphatic carbocycles. The van der Waals surface area contributed by atoms with E-state index in [0.29, 0.717) is 12.2 Å². The van der Waals surface area contributed by atoms with Gasteiger partial charge < -0.3 is 5.32 Å². The zero-order valence-corrected chi connectivity index (χ0v) is 20.9. The summed E-state index contributed by atoms with van der Waals surface area (Å²) in [5.74, 6) is -0.362. The molecule has 7 heteroatoms. The zero-order valence-electron chi connectivity index (χ0n) is 19.3. The van der Waals surface area contributed by atoms with E-state index in [0.717, 1.165) is 29.5 Å². The number of benzene rings is 3. The van der Waals surface area contributed by atoms with Crippen LogP contribution in [0.3, 0.4) is 0 Å². The number of sulfonamides is 1. The number of halogens is 1. The molecular weight excluding hydrogens is 456 g/mol. The first-order valence-corrected chi connectivity index (χ1v) is 12.8. The smallest absolute Gasteiger partial charge is 0.263 e. The standard InChI is InChI=1S/C26H29ClN2O3S/c1-5-19-8-9-20(6-2)22(14-19)16-28-26(30)21-10-11-23(27)25(15-21)33(31,32)29-24-12-7-17(3)13-18(24)4/h7-15,29H,5-6,16H2,1-4H3,(H,28,30). The molecule has 3 aromatic rings. The molecule has 0 heterocycles. The first-order chi connectivity index (χ1) is 15.6. The molecule has 0 radical (unpaired) electrons. The fourth-order valence-corrected chi connectivity index (χ4v) is 5.32. The summed E-state index contributed by atoms with van der Waals surface area (Å²) in [4.78, 5) is 12.7. The molecule has 0 bridgehead atoms. The number of carbonyl (C=O) groups excluding carboxylic acids is 1. The average Bonchev–Trinajstić information content (AvgIpc) is 2.79. The Morgan fingerprint density at radius 2 is 1.67 bits per heavy atom. The highest BCUT2D eigenvalue weighted by molar-refractivity contribution is 7.92. The molecule has 3 rings (SSSR count). The summed E-state index contributed by atoms with van der Waals surface area (Å²) < 4.78 is 28.7. The predicted octanol–water partition coefficient (Wildman–Crippen LogP) is 5.81. The molecule has 0 aliphatic rings. The molecule has 0 fully saturated rings. The molecular formula is C26H29ClN2O3S. The number of hydrogen-bond acceptors (Lipinski definition) is 3. The largest absolute Gasteiger partial charge is 0.348 e. The Morgan fingerprint density at radius 1 is 0.909 bits per heavy atom. The second-order valence-electron chi connectivity index (χ2n) is 8.06. The van der Waals surface area contributed by atoms with Crippen LogP contribution in [-0.2, 0) is 29.4 Å². The number of aryl methyl sites for hydroxylation is 4. The molecule has 0 atom stereocenters. The highest BCUT2D eigenvalue weighted by atomic mass is 35.5. The molecule has 3 aromatic carbocycles. The predicted molar refractivity (Wildman–Crippen MR) is 135 cm³/mol. The van der Waals surface area contributed by atoms with Crippen molar-refractivity contribution in [3.8, 4) is 0 Å². The van der Waals surface area contributed by atoms with Crippen LogP contribution in [0.1, 0.15) is 52.0 Å². The van der Waals surface area contributed by atoms with Crippen molar-refractivity contribution in [1.82, 2.24) is 5.32 Å².